The summed E-state index contributed by atoms with van der Waals surface area (Å²) >= 11 is 3.57. The number of fused-ring (bicyclic) bond motifs is 4. The Morgan fingerprint density at radius 3 is 2.44 bits per heavy atom. The van der Waals surface area contributed by atoms with E-state index in [-0.39, 0.29) is 5.92 Å². The predicted octanol–water partition coefficient (Wildman–Crippen LogP) is 7.43. The number of nitrogens with one attached hydrogen (secondary N) is 1. The molecule has 4 aromatic carbocycles. The molecule has 0 bridgehead atoms. The molecule has 1 atom stereocenters. The molecule has 1 aliphatic heterocycles. The van der Waals surface area contributed by atoms with Crippen LogP contribution in [-0.4, -0.2) is 17.1 Å². The largest absolute Gasteiger partial charge is 0.497 e. The summed E-state index contributed by atoms with van der Waals surface area (Å²) in [5.41, 5.74) is 4.06. The van der Waals surface area contributed by atoms with Gasteiger partial charge in [-0.2, -0.15) is 0 Å². The Hall–Kier alpha value is -3.90. The van der Waals surface area contributed by atoms with Gasteiger partial charge in [-0.25, -0.2) is 9.97 Å². The van der Waals surface area contributed by atoms with Crippen LogP contribution in [0.3, 0.4) is 0 Å². The highest BCUT2D eigenvalue weighted by atomic mass is 79.9. The molecule has 34 heavy (non-hydrogen) atoms. The lowest BCUT2D eigenvalue weighted by Crippen LogP contribution is -2.16. The lowest BCUT2D eigenvalue weighted by atomic mass is 9.81. The fourth-order valence-electron chi connectivity index (χ4n) is 4.53. The fraction of sp³-hybridized carbons (Fsp3) is 0.0714. The lowest BCUT2D eigenvalue weighted by Gasteiger charge is -2.30. The molecule has 0 spiro atoms. The van der Waals surface area contributed by atoms with E-state index in [0.29, 0.717) is 11.7 Å². The average Bonchev–Trinajstić information content (AvgIpc) is 2.88. The summed E-state index contributed by atoms with van der Waals surface area (Å²) < 4.78 is 12.7. The van der Waals surface area contributed by atoms with Crippen LogP contribution in [0.5, 0.6) is 17.4 Å². The van der Waals surface area contributed by atoms with Gasteiger partial charge < -0.3 is 14.8 Å². The molecule has 2 heterocycles. The van der Waals surface area contributed by atoms with E-state index in [2.05, 4.69) is 85.8 Å². The number of ether oxygens (including phenoxy) is 2. The molecule has 5 aromatic rings. The number of benzene rings is 4. The first-order valence-electron chi connectivity index (χ1n) is 10.9. The van der Waals surface area contributed by atoms with E-state index in [1.807, 2.05) is 30.3 Å². The van der Waals surface area contributed by atoms with Crippen molar-refractivity contribution in [1.82, 2.24) is 9.97 Å². The van der Waals surface area contributed by atoms with Crippen LogP contribution in [0, 0.1) is 0 Å². The Balaban J connectivity index is 1.57. The molecule has 6 rings (SSSR count). The maximum absolute atomic E-state index is 6.36. The van der Waals surface area contributed by atoms with Crippen molar-refractivity contribution in [2.75, 3.05) is 12.4 Å². The molecule has 1 N–H and O–H groups in total. The van der Waals surface area contributed by atoms with Crippen LogP contribution in [0.25, 0.3) is 10.8 Å². The second-order valence-corrected chi connectivity index (χ2v) is 9.00. The van der Waals surface area contributed by atoms with Crippen molar-refractivity contribution in [3.05, 3.63) is 112 Å². The van der Waals surface area contributed by atoms with E-state index >= 15 is 0 Å². The summed E-state index contributed by atoms with van der Waals surface area (Å²) in [5, 5.41) is 5.79. The fourth-order valence-corrected chi connectivity index (χ4v) is 4.80. The van der Waals surface area contributed by atoms with Crippen LogP contribution in [-0.2, 0) is 0 Å². The molecule has 5 nitrogen and oxygen atoms in total. The average molecular weight is 510 g/mol. The van der Waals surface area contributed by atoms with E-state index in [9.17, 15) is 0 Å². The molecule has 0 aliphatic carbocycles. The zero-order valence-corrected chi connectivity index (χ0v) is 19.9. The lowest BCUT2D eigenvalue weighted by molar-refractivity contribution is 0.415. The van der Waals surface area contributed by atoms with Crippen molar-refractivity contribution in [2.24, 2.45) is 0 Å². The van der Waals surface area contributed by atoms with Gasteiger partial charge in [0.1, 0.15) is 23.6 Å². The minimum absolute atomic E-state index is 0.111. The van der Waals surface area contributed by atoms with Gasteiger partial charge >= 0.3 is 0 Å². The van der Waals surface area contributed by atoms with Crippen LogP contribution in [0.4, 0.5) is 11.5 Å². The molecule has 6 heteroatoms. The molecule has 0 saturated carbocycles. The zero-order chi connectivity index (χ0) is 23.1. The van der Waals surface area contributed by atoms with Gasteiger partial charge in [-0.05, 0) is 58.8 Å². The normalized spacial score (nSPS) is 14.1. The summed E-state index contributed by atoms with van der Waals surface area (Å²) in [5.74, 6) is 2.77. The van der Waals surface area contributed by atoms with Crippen LogP contribution < -0.4 is 14.8 Å². The standard InChI is InChI=1S/C28H20BrN3O2/c1-33-21-13-11-20(12-14-21)32-27-26-24(18-6-9-19(29)10-7-18)25-22-5-3-2-4-17(22)8-15-23(25)34-28(26)31-16-30-27/h2-16,24H,1H3,(H,30,31,32). The SMILES string of the molecule is COc1ccc(Nc2ncnc3c2C(c2ccc(Br)cc2)c2c(ccc4ccccc24)O3)cc1. The minimum atomic E-state index is -0.111. The van der Waals surface area contributed by atoms with E-state index in [1.165, 1.54) is 6.33 Å². The molecule has 0 fully saturated rings. The highest BCUT2D eigenvalue weighted by molar-refractivity contribution is 9.10. The Labute approximate surface area is 205 Å². The van der Waals surface area contributed by atoms with Crippen molar-refractivity contribution < 1.29 is 9.47 Å². The molecular weight excluding hydrogens is 490 g/mol. The number of aromatic nitrogens is 2. The van der Waals surface area contributed by atoms with Crippen molar-refractivity contribution in [3.8, 4) is 17.4 Å². The third-order valence-electron chi connectivity index (χ3n) is 6.12. The summed E-state index contributed by atoms with van der Waals surface area (Å²) in [6.07, 6.45) is 1.54. The molecular formula is C28H20BrN3O2. The van der Waals surface area contributed by atoms with Gasteiger partial charge in [0, 0.05) is 21.6 Å². The number of hydrogen-bond donors (Lipinski definition) is 1. The maximum Gasteiger partial charge on any atom is 0.228 e. The molecule has 1 aliphatic rings. The number of methoxy groups -OCH3 is 1. The number of anilines is 2. The van der Waals surface area contributed by atoms with Crippen LogP contribution in [0.1, 0.15) is 22.6 Å². The highest BCUT2D eigenvalue weighted by Gasteiger charge is 2.34. The summed E-state index contributed by atoms with van der Waals surface area (Å²) in [7, 11) is 1.66. The van der Waals surface area contributed by atoms with Crippen molar-refractivity contribution in [1.29, 1.82) is 0 Å². The van der Waals surface area contributed by atoms with Gasteiger partial charge in [0.15, 0.2) is 0 Å². The summed E-state index contributed by atoms with van der Waals surface area (Å²) in [6.45, 7) is 0. The Bertz CT molecular complexity index is 1500. The maximum atomic E-state index is 6.36. The smallest absolute Gasteiger partial charge is 0.228 e. The van der Waals surface area contributed by atoms with Gasteiger partial charge in [0.05, 0.1) is 12.7 Å². The highest BCUT2D eigenvalue weighted by Crippen LogP contribution is 2.51. The summed E-state index contributed by atoms with van der Waals surface area (Å²) in [6, 6.07) is 28.7. The van der Waals surface area contributed by atoms with E-state index in [0.717, 1.165) is 49.1 Å². The Morgan fingerprint density at radius 1 is 0.853 bits per heavy atom. The topological polar surface area (TPSA) is 56.3 Å². The molecule has 0 radical (unpaired) electrons. The van der Waals surface area contributed by atoms with Gasteiger partial charge in [-0.1, -0.05) is 58.4 Å². The monoisotopic (exact) mass is 509 g/mol. The molecule has 1 aromatic heterocycles. The first kappa shape index (κ1) is 20.7. The van der Waals surface area contributed by atoms with Gasteiger partial charge in [-0.3, -0.25) is 0 Å². The molecule has 1 unspecified atom stereocenters. The Morgan fingerprint density at radius 2 is 1.65 bits per heavy atom. The molecule has 166 valence electrons. The van der Waals surface area contributed by atoms with Crippen LogP contribution in [0.15, 0.2) is 95.7 Å². The van der Waals surface area contributed by atoms with E-state index in [4.69, 9.17) is 9.47 Å². The van der Waals surface area contributed by atoms with Crippen molar-refractivity contribution in [2.45, 2.75) is 5.92 Å². The number of nitrogens with zero attached hydrogens (tertiary/aromatic N) is 2. The quantitative estimate of drug-likeness (QED) is 0.267. The van der Waals surface area contributed by atoms with E-state index in [1.54, 1.807) is 7.11 Å². The minimum Gasteiger partial charge on any atom is -0.497 e. The van der Waals surface area contributed by atoms with E-state index < -0.39 is 0 Å². The van der Waals surface area contributed by atoms with Crippen molar-refractivity contribution >= 4 is 38.2 Å². The first-order valence-corrected chi connectivity index (χ1v) is 11.7. The summed E-state index contributed by atoms with van der Waals surface area (Å²) in [4.78, 5) is 9.15. The predicted molar refractivity (Wildman–Crippen MR) is 137 cm³/mol. The number of halogens is 1. The zero-order valence-electron chi connectivity index (χ0n) is 18.3. The number of hydrogen-bond acceptors (Lipinski definition) is 5. The molecule has 0 saturated heterocycles. The third kappa shape index (κ3) is 3.56. The first-order chi connectivity index (χ1) is 16.7. The van der Waals surface area contributed by atoms with Crippen LogP contribution in [0.2, 0.25) is 0 Å². The van der Waals surface area contributed by atoms with Gasteiger partial charge in [-0.15, -0.1) is 0 Å². The second-order valence-electron chi connectivity index (χ2n) is 8.08. The third-order valence-corrected chi connectivity index (χ3v) is 6.65. The number of rotatable bonds is 4. The molecule has 0 amide bonds. The van der Waals surface area contributed by atoms with Crippen molar-refractivity contribution in [3.63, 3.8) is 0 Å². The second kappa shape index (κ2) is 8.47. The van der Waals surface area contributed by atoms with Gasteiger partial charge in [0.2, 0.25) is 5.88 Å². The Kier molecular flexibility index (Phi) is 5.15. The van der Waals surface area contributed by atoms with Crippen LogP contribution >= 0.6 is 15.9 Å². The van der Waals surface area contributed by atoms with Gasteiger partial charge in [0.25, 0.3) is 0 Å².